The number of hydrogen-bond donors (Lipinski definition) is 1. The highest BCUT2D eigenvalue weighted by atomic mass is 32.2. The van der Waals surface area contributed by atoms with Crippen LogP contribution in [0.25, 0.3) is 0 Å². The maximum atomic E-state index is 13.7. The number of rotatable bonds is 8. The average Bonchev–Trinajstić information content (AvgIpc) is 3.05. The lowest BCUT2D eigenvalue weighted by molar-refractivity contribution is 0.194. The zero-order valence-electron chi connectivity index (χ0n) is 13.5. The van der Waals surface area contributed by atoms with E-state index >= 15 is 0 Å². The van der Waals surface area contributed by atoms with Gasteiger partial charge in [0.1, 0.15) is 22.3 Å². The summed E-state index contributed by atoms with van der Waals surface area (Å²) in [5, 5.41) is 0. The van der Waals surface area contributed by atoms with Crippen molar-refractivity contribution in [3.05, 3.63) is 54.0 Å². The van der Waals surface area contributed by atoms with Gasteiger partial charge in [-0.05, 0) is 37.4 Å². The summed E-state index contributed by atoms with van der Waals surface area (Å²) in [6.07, 6.45) is 1.51. The highest BCUT2D eigenvalue weighted by molar-refractivity contribution is 7.89. The summed E-state index contributed by atoms with van der Waals surface area (Å²) in [4.78, 5) is 1.43. The van der Waals surface area contributed by atoms with Crippen LogP contribution in [0, 0.1) is 11.6 Å². The molecule has 0 saturated carbocycles. The molecule has 0 aliphatic heterocycles. The second kappa shape index (κ2) is 7.87. The van der Waals surface area contributed by atoms with Crippen molar-refractivity contribution >= 4 is 10.0 Å². The summed E-state index contributed by atoms with van der Waals surface area (Å²) in [5.41, 5.74) is 0. The number of halogens is 2. The van der Waals surface area contributed by atoms with Gasteiger partial charge in [-0.15, -0.1) is 0 Å². The molecule has 0 bridgehead atoms. The second-order valence-electron chi connectivity index (χ2n) is 5.18. The van der Waals surface area contributed by atoms with E-state index in [2.05, 4.69) is 4.72 Å². The Morgan fingerprint density at radius 1 is 1.21 bits per heavy atom. The number of nitrogens with zero attached hydrogens (tertiary/aromatic N) is 1. The van der Waals surface area contributed by atoms with Crippen molar-refractivity contribution in [1.82, 2.24) is 9.62 Å². The highest BCUT2D eigenvalue weighted by Gasteiger charge is 2.25. The molecular weight excluding hydrogens is 338 g/mol. The smallest absolute Gasteiger partial charge is 0.243 e. The Kier molecular flexibility index (Phi) is 6.09. The first-order chi connectivity index (χ1) is 11.4. The lowest BCUT2D eigenvalue weighted by Gasteiger charge is -2.28. The van der Waals surface area contributed by atoms with Gasteiger partial charge < -0.3 is 4.42 Å². The van der Waals surface area contributed by atoms with Crippen molar-refractivity contribution in [2.75, 3.05) is 19.6 Å². The van der Waals surface area contributed by atoms with Gasteiger partial charge >= 0.3 is 0 Å². The van der Waals surface area contributed by atoms with Crippen LogP contribution in [-0.2, 0) is 10.0 Å². The number of furan rings is 1. The minimum atomic E-state index is -4.10. The molecule has 2 aromatic rings. The van der Waals surface area contributed by atoms with Crippen LogP contribution in [-0.4, -0.2) is 33.0 Å². The summed E-state index contributed by atoms with van der Waals surface area (Å²) in [6, 6.07) is 5.52. The molecule has 0 aliphatic carbocycles. The molecule has 1 atom stereocenters. The number of sulfonamides is 1. The lowest BCUT2D eigenvalue weighted by atomic mass is 10.2. The molecule has 0 radical (unpaired) electrons. The molecule has 24 heavy (non-hydrogen) atoms. The SMILES string of the molecule is CCN(CC)C(CNS(=O)(=O)c1ccc(F)cc1F)c1ccco1. The summed E-state index contributed by atoms with van der Waals surface area (Å²) >= 11 is 0. The van der Waals surface area contributed by atoms with Crippen molar-refractivity contribution in [3.63, 3.8) is 0 Å². The first-order valence-electron chi connectivity index (χ1n) is 7.61. The molecule has 5 nitrogen and oxygen atoms in total. The minimum Gasteiger partial charge on any atom is -0.468 e. The van der Waals surface area contributed by atoms with Gasteiger partial charge in [-0.1, -0.05) is 13.8 Å². The third-order valence-electron chi connectivity index (χ3n) is 3.77. The van der Waals surface area contributed by atoms with Gasteiger partial charge in [-0.3, -0.25) is 4.90 Å². The monoisotopic (exact) mass is 358 g/mol. The van der Waals surface area contributed by atoms with Gasteiger partial charge in [0.15, 0.2) is 0 Å². The summed E-state index contributed by atoms with van der Waals surface area (Å²) in [5.74, 6) is -1.34. The molecule has 2 rings (SSSR count). The van der Waals surface area contributed by atoms with Crippen LogP contribution in [0.4, 0.5) is 8.78 Å². The van der Waals surface area contributed by atoms with Gasteiger partial charge in [-0.25, -0.2) is 21.9 Å². The van der Waals surface area contributed by atoms with Crippen molar-refractivity contribution in [3.8, 4) is 0 Å². The fourth-order valence-corrected chi connectivity index (χ4v) is 3.61. The molecule has 0 spiro atoms. The van der Waals surface area contributed by atoms with Crippen LogP contribution >= 0.6 is 0 Å². The Hall–Kier alpha value is -1.77. The predicted molar refractivity (Wildman–Crippen MR) is 85.9 cm³/mol. The molecule has 1 unspecified atom stereocenters. The van der Waals surface area contributed by atoms with Crippen LogP contribution in [0.15, 0.2) is 45.9 Å². The molecule has 0 fully saturated rings. The van der Waals surface area contributed by atoms with E-state index in [9.17, 15) is 17.2 Å². The summed E-state index contributed by atoms with van der Waals surface area (Å²) in [6.45, 7) is 5.29. The molecule has 1 aromatic heterocycles. The maximum Gasteiger partial charge on any atom is 0.243 e. The molecule has 0 amide bonds. The zero-order valence-corrected chi connectivity index (χ0v) is 14.3. The quantitative estimate of drug-likeness (QED) is 0.788. The van der Waals surface area contributed by atoms with E-state index in [0.29, 0.717) is 24.9 Å². The lowest BCUT2D eigenvalue weighted by Crippen LogP contribution is -2.38. The van der Waals surface area contributed by atoms with Crippen LogP contribution in [0.3, 0.4) is 0 Å². The Bertz CT molecular complexity index is 760. The van der Waals surface area contributed by atoms with E-state index in [4.69, 9.17) is 4.42 Å². The van der Waals surface area contributed by atoms with Crippen molar-refractivity contribution < 1.29 is 21.6 Å². The van der Waals surface area contributed by atoms with Crippen molar-refractivity contribution in [2.24, 2.45) is 0 Å². The normalized spacial score (nSPS) is 13.4. The van der Waals surface area contributed by atoms with Gasteiger partial charge in [0.2, 0.25) is 10.0 Å². The standard InChI is InChI=1S/C16H20F2N2O3S/c1-3-20(4-2)14(15-6-5-9-23-15)11-19-24(21,22)16-8-7-12(17)10-13(16)18/h5-10,14,19H,3-4,11H2,1-2H3. The highest BCUT2D eigenvalue weighted by Crippen LogP contribution is 2.22. The minimum absolute atomic E-state index is 0.00828. The number of benzene rings is 1. The fraction of sp³-hybridized carbons (Fsp3) is 0.375. The molecule has 0 aliphatic rings. The maximum absolute atomic E-state index is 13.7. The first kappa shape index (κ1) is 18.6. The van der Waals surface area contributed by atoms with Gasteiger partial charge in [0.25, 0.3) is 0 Å². The van der Waals surface area contributed by atoms with Crippen LogP contribution in [0.1, 0.15) is 25.6 Å². The molecule has 8 heteroatoms. The Morgan fingerprint density at radius 2 is 1.92 bits per heavy atom. The third-order valence-corrected chi connectivity index (χ3v) is 5.23. The molecule has 1 N–H and O–H groups in total. The summed E-state index contributed by atoms with van der Waals surface area (Å²) in [7, 11) is -4.10. The Labute approximate surface area is 140 Å². The second-order valence-corrected chi connectivity index (χ2v) is 6.91. The molecule has 1 aromatic carbocycles. The number of likely N-dealkylation sites (N-methyl/N-ethyl adjacent to an activating group) is 1. The average molecular weight is 358 g/mol. The Balaban J connectivity index is 2.21. The molecular formula is C16H20F2N2O3S. The van der Waals surface area contributed by atoms with E-state index in [1.165, 1.54) is 6.26 Å². The summed E-state index contributed by atoms with van der Waals surface area (Å²) < 4.78 is 59.1. The largest absolute Gasteiger partial charge is 0.468 e. The first-order valence-corrected chi connectivity index (χ1v) is 9.09. The zero-order chi connectivity index (χ0) is 17.7. The van der Waals surface area contributed by atoms with Crippen LogP contribution < -0.4 is 4.72 Å². The number of hydrogen-bond acceptors (Lipinski definition) is 4. The van der Waals surface area contributed by atoms with Gasteiger partial charge in [-0.2, -0.15) is 0 Å². The van der Waals surface area contributed by atoms with Crippen LogP contribution in [0.2, 0.25) is 0 Å². The van der Waals surface area contributed by atoms with Crippen molar-refractivity contribution in [2.45, 2.75) is 24.8 Å². The topological polar surface area (TPSA) is 62.6 Å². The molecule has 1 heterocycles. The van der Waals surface area contributed by atoms with Crippen molar-refractivity contribution in [1.29, 1.82) is 0 Å². The predicted octanol–water partition coefficient (Wildman–Crippen LogP) is 2.92. The molecule has 132 valence electrons. The number of nitrogens with one attached hydrogen (secondary N) is 1. The Morgan fingerprint density at radius 3 is 2.46 bits per heavy atom. The third kappa shape index (κ3) is 4.19. The van der Waals surface area contributed by atoms with Gasteiger partial charge in [0.05, 0.1) is 12.3 Å². The molecule has 0 saturated heterocycles. The van der Waals surface area contributed by atoms with Gasteiger partial charge in [0, 0.05) is 12.6 Å². The van der Waals surface area contributed by atoms with E-state index in [1.54, 1.807) is 12.1 Å². The van der Waals surface area contributed by atoms with E-state index in [0.717, 1.165) is 12.1 Å². The fourth-order valence-electron chi connectivity index (χ4n) is 2.51. The van der Waals surface area contributed by atoms with E-state index in [1.807, 2.05) is 18.7 Å². The van der Waals surface area contributed by atoms with Crippen LogP contribution in [0.5, 0.6) is 0 Å². The van der Waals surface area contributed by atoms with E-state index < -0.39 is 26.6 Å². The van der Waals surface area contributed by atoms with E-state index in [-0.39, 0.29) is 12.6 Å².